The summed E-state index contributed by atoms with van der Waals surface area (Å²) in [5, 5.41) is 0. The van der Waals surface area contributed by atoms with Gasteiger partial charge in [0.15, 0.2) is 0 Å². The second kappa shape index (κ2) is 8.97. The molecule has 0 saturated carbocycles. The first-order valence-electron chi connectivity index (χ1n) is 7.29. The average molecular weight is 286 g/mol. The Kier molecular flexibility index (Phi) is 6.55. The summed E-state index contributed by atoms with van der Waals surface area (Å²) in [6.07, 6.45) is 6.60. The van der Waals surface area contributed by atoms with Crippen LogP contribution in [0.15, 0.2) is 48.8 Å². The average Bonchev–Trinajstić information content (AvgIpc) is 2.53. The van der Waals surface area contributed by atoms with Gasteiger partial charge in [0.05, 0.1) is 6.61 Å². The van der Waals surface area contributed by atoms with Crippen molar-refractivity contribution in [3.63, 3.8) is 0 Å². The maximum absolute atomic E-state index is 5.61. The first kappa shape index (κ1) is 15.3. The molecule has 0 atom stereocenters. The predicted octanol–water partition coefficient (Wildman–Crippen LogP) is 3.08. The summed E-state index contributed by atoms with van der Waals surface area (Å²) in [7, 11) is 0. The summed E-state index contributed by atoms with van der Waals surface area (Å²) >= 11 is 0. The summed E-state index contributed by atoms with van der Waals surface area (Å²) in [6.45, 7) is 2.17. The van der Waals surface area contributed by atoms with Gasteiger partial charge in [-0.15, -0.1) is 0 Å². The minimum Gasteiger partial charge on any atom is -0.494 e. The minimum absolute atomic E-state index is 0.661. The molecular formula is C17H22N2O2. The summed E-state index contributed by atoms with van der Waals surface area (Å²) in [5.74, 6) is 0.849. The van der Waals surface area contributed by atoms with Gasteiger partial charge < -0.3 is 15.2 Å². The van der Waals surface area contributed by atoms with Gasteiger partial charge in [0.25, 0.3) is 0 Å². The predicted molar refractivity (Wildman–Crippen MR) is 84.3 cm³/mol. The molecule has 1 aromatic carbocycles. The lowest BCUT2D eigenvalue weighted by atomic mass is 10.1. The van der Waals surface area contributed by atoms with Crippen molar-refractivity contribution >= 4 is 5.69 Å². The maximum Gasteiger partial charge on any atom is 0.119 e. The zero-order chi connectivity index (χ0) is 14.8. The van der Waals surface area contributed by atoms with Crippen LogP contribution in [0.3, 0.4) is 0 Å². The van der Waals surface area contributed by atoms with E-state index >= 15 is 0 Å². The topological polar surface area (TPSA) is 57.4 Å². The molecule has 0 bridgehead atoms. The van der Waals surface area contributed by atoms with E-state index in [1.54, 1.807) is 0 Å². The molecule has 112 valence electrons. The molecule has 0 unspecified atom stereocenters. The van der Waals surface area contributed by atoms with Crippen LogP contribution in [0.4, 0.5) is 5.69 Å². The molecule has 0 aliphatic carbocycles. The molecule has 4 nitrogen and oxygen atoms in total. The standard InChI is InChI=1S/C17H22N2O2/c18-16-4-6-17(7-5-16)21-14-2-13-20-12-1-3-15-8-10-19-11-9-15/h4-11H,1-3,12-14,18H2. The number of benzene rings is 1. The fourth-order valence-corrected chi connectivity index (χ4v) is 1.94. The molecule has 4 heteroatoms. The van der Waals surface area contributed by atoms with Crippen LogP contribution in [0, 0.1) is 0 Å². The summed E-state index contributed by atoms with van der Waals surface area (Å²) in [6, 6.07) is 11.5. The number of pyridine rings is 1. The molecule has 2 rings (SSSR count). The van der Waals surface area contributed by atoms with E-state index in [0.29, 0.717) is 6.61 Å². The number of hydrogen-bond acceptors (Lipinski definition) is 4. The number of rotatable bonds is 9. The highest BCUT2D eigenvalue weighted by atomic mass is 16.5. The summed E-state index contributed by atoms with van der Waals surface area (Å²) < 4.78 is 11.2. The van der Waals surface area contributed by atoms with Gasteiger partial charge in [0, 0.05) is 37.7 Å². The lowest BCUT2D eigenvalue weighted by Gasteiger charge is -2.07. The van der Waals surface area contributed by atoms with Gasteiger partial charge in [-0.05, 0) is 54.8 Å². The first-order chi connectivity index (χ1) is 10.3. The second-order valence-electron chi connectivity index (χ2n) is 4.84. The molecule has 1 heterocycles. The Balaban J connectivity index is 1.46. The van der Waals surface area contributed by atoms with Gasteiger partial charge in [-0.1, -0.05) is 0 Å². The molecule has 0 aliphatic rings. The van der Waals surface area contributed by atoms with E-state index in [1.165, 1.54) is 5.56 Å². The Bertz CT molecular complexity index is 500. The third kappa shape index (κ3) is 6.27. The van der Waals surface area contributed by atoms with Crippen molar-refractivity contribution in [3.8, 4) is 5.75 Å². The van der Waals surface area contributed by atoms with E-state index in [4.69, 9.17) is 15.2 Å². The van der Waals surface area contributed by atoms with Crippen molar-refractivity contribution < 1.29 is 9.47 Å². The van der Waals surface area contributed by atoms with E-state index < -0.39 is 0 Å². The van der Waals surface area contributed by atoms with Crippen LogP contribution in [0.2, 0.25) is 0 Å². The van der Waals surface area contributed by atoms with Crippen molar-refractivity contribution in [2.75, 3.05) is 25.6 Å². The Morgan fingerprint density at radius 3 is 2.33 bits per heavy atom. The zero-order valence-corrected chi connectivity index (χ0v) is 12.2. The molecule has 2 N–H and O–H groups in total. The van der Waals surface area contributed by atoms with Crippen molar-refractivity contribution in [3.05, 3.63) is 54.4 Å². The SMILES string of the molecule is Nc1ccc(OCCCOCCCc2ccncc2)cc1. The van der Waals surface area contributed by atoms with E-state index in [-0.39, 0.29) is 0 Å². The molecule has 0 spiro atoms. The maximum atomic E-state index is 5.61. The molecule has 0 amide bonds. The van der Waals surface area contributed by atoms with Crippen molar-refractivity contribution in [1.82, 2.24) is 4.98 Å². The van der Waals surface area contributed by atoms with E-state index in [0.717, 1.165) is 43.9 Å². The van der Waals surface area contributed by atoms with Crippen LogP contribution in [0.25, 0.3) is 0 Å². The molecule has 21 heavy (non-hydrogen) atoms. The largest absolute Gasteiger partial charge is 0.494 e. The highest BCUT2D eigenvalue weighted by Gasteiger charge is 1.95. The molecule has 0 saturated heterocycles. The van der Waals surface area contributed by atoms with Crippen LogP contribution >= 0.6 is 0 Å². The smallest absolute Gasteiger partial charge is 0.119 e. The monoisotopic (exact) mass is 286 g/mol. The molecule has 0 aliphatic heterocycles. The number of hydrogen-bond donors (Lipinski definition) is 1. The van der Waals surface area contributed by atoms with E-state index in [9.17, 15) is 0 Å². The van der Waals surface area contributed by atoms with Crippen LogP contribution < -0.4 is 10.5 Å². The number of anilines is 1. The van der Waals surface area contributed by atoms with Crippen LogP contribution in [-0.4, -0.2) is 24.8 Å². The third-order valence-corrected chi connectivity index (χ3v) is 3.09. The molecule has 0 fully saturated rings. The number of nitrogens with zero attached hydrogens (tertiary/aromatic N) is 1. The number of aryl methyl sites for hydroxylation is 1. The Labute approximate surface area is 125 Å². The quantitative estimate of drug-likeness (QED) is 0.568. The van der Waals surface area contributed by atoms with Crippen molar-refractivity contribution in [1.29, 1.82) is 0 Å². The summed E-state index contributed by atoms with van der Waals surface area (Å²) in [5.41, 5.74) is 7.67. The zero-order valence-electron chi connectivity index (χ0n) is 12.2. The Morgan fingerprint density at radius 1 is 0.857 bits per heavy atom. The first-order valence-corrected chi connectivity index (χ1v) is 7.29. The van der Waals surface area contributed by atoms with Gasteiger partial charge in [-0.25, -0.2) is 0 Å². The van der Waals surface area contributed by atoms with Gasteiger partial charge in [0.1, 0.15) is 5.75 Å². The highest BCUT2D eigenvalue weighted by molar-refractivity contribution is 5.41. The van der Waals surface area contributed by atoms with E-state index in [1.807, 2.05) is 48.8 Å². The van der Waals surface area contributed by atoms with Gasteiger partial charge >= 0.3 is 0 Å². The highest BCUT2D eigenvalue weighted by Crippen LogP contribution is 2.13. The van der Waals surface area contributed by atoms with Crippen LogP contribution in [0.1, 0.15) is 18.4 Å². The molecule has 0 radical (unpaired) electrons. The second-order valence-corrected chi connectivity index (χ2v) is 4.84. The number of ether oxygens (including phenoxy) is 2. The van der Waals surface area contributed by atoms with Crippen LogP contribution in [-0.2, 0) is 11.2 Å². The third-order valence-electron chi connectivity index (χ3n) is 3.09. The van der Waals surface area contributed by atoms with E-state index in [2.05, 4.69) is 4.98 Å². The van der Waals surface area contributed by atoms with Crippen LogP contribution in [0.5, 0.6) is 5.75 Å². The number of nitrogen functional groups attached to an aromatic ring is 1. The fourth-order valence-electron chi connectivity index (χ4n) is 1.94. The van der Waals surface area contributed by atoms with Gasteiger partial charge in [0.2, 0.25) is 0 Å². The van der Waals surface area contributed by atoms with Gasteiger partial charge in [-0.2, -0.15) is 0 Å². The number of aromatic nitrogens is 1. The van der Waals surface area contributed by atoms with Crippen molar-refractivity contribution in [2.45, 2.75) is 19.3 Å². The molecule has 2 aromatic rings. The minimum atomic E-state index is 0.661. The fraction of sp³-hybridized carbons (Fsp3) is 0.353. The molecule has 1 aromatic heterocycles. The summed E-state index contributed by atoms with van der Waals surface area (Å²) in [4.78, 5) is 4.00. The Morgan fingerprint density at radius 2 is 1.57 bits per heavy atom. The van der Waals surface area contributed by atoms with Crippen molar-refractivity contribution in [2.24, 2.45) is 0 Å². The Hall–Kier alpha value is -2.07. The molecular weight excluding hydrogens is 264 g/mol. The number of nitrogens with two attached hydrogens (primary N) is 1. The normalized spacial score (nSPS) is 10.5. The lowest BCUT2D eigenvalue weighted by molar-refractivity contribution is 0.117. The lowest BCUT2D eigenvalue weighted by Crippen LogP contribution is -2.04. The van der Waals surface area contributed by atoms with Gasteiger partial charge in [-0.3, -0.25) is 4.98 Å².